The Hall–Kier alpha value is -2.05. The molecule has 0 aliphatic heterocycles. The number of nitrogens with one attached hydrogen (secondary N) is 1. The SMILES string of the molecule is O=c1c[n+](-c2ccccc2C(F)(F)F)[nH]o1. The second kappa shape index (κ2) is 3.51. The third kappa shape index (κ3) is 1.83. The molecule has 1 aromatic heterocycles. The topological polar surface area (TPSA) is 49.9 Å². The molecule has 0 atom stereocenters. The lowest BCUT2D eigenvalue weighted by Crippen LogP contribution is -2.35. The molecule has 0 saturated heterocycles. The van der Waals surface area contributed by atoms with E-state index in [1.807, 2.05) is 0 Å². The van der Waals surface area contributed by atoms with Crippen LogP contribution in [0.25, 0.3) is 5.69 Å². The first-order valence-corrected chi connectivity index (χ1v) is 4.25. The monoisotopic (exact) mass is 231 g/mol. The van der Waals surface area contributed by atoms with Crippen LogP contribution in [0.2, 0.25) is 0 Å². The number of nitrogens with zero attached hydrogens (tertiary/aromatic N) is 1. The summed E-state index contributed by atoms with van der Waals surface area (Å²) < 4.78 is 43.0. The molecule has 1 heterocycles. The Balaban J connectivity index is 2.61. The predicted octanol–water partition coefficient (Wildman–Crippen LogP) is 1.26. The van der Waals surface area contributed by atoms with Gasteiger partial charge in [0.1, 0.15) is 5.56 Å². The average Bonchev–Trinajstić information content (AvgIpc) is 2.64. The molecule has 2 aromatic rings. The van der Waals surface area contributed by atoms with E-state index in [9.17, 15) is 18.0 Å². The Morgan fingerprint density at radius 1 is 1.25 bits per heavy atom. The zero-order valence-electron chi connectivity index (χ0n) is 7.78. The maximum absolute atomic E-state index is 12.6. The molecule has 0 bridgehead atoms. The van der Waals surface area contributed by atoms with Crippen LogP contribution in [0.3, 0.4) is 0 Å². The summed E-state index contributed by atoms with van der Waals surface area (Å²) in [5, 5.41) is 2.06. The van der Waals surface area contributed by atoms with Gasteiger partial charge in [-0.2, -0.15) is 13.2 Å². The van der Waals surface area contributed by atoms with Crippen LogP contribution < -0.4 is 10.3 Å². The summed E-state index contributed by atoms with van der Waals surface area (Å²) in [5.41, 5.74) is -1.80. The van der Waals surface area contributed by atoms with Gasteiger partial charge >= 0.3 is 11.8 Å². The fraction of sp³-hybridized carbons (Fsp3) is 0.111. The number of rotatable bonds is 1. The minimum absolute atomic E-state index is 0.194. The van der Waals surface area contributed by atoms with Gasteiger partial charge in [-0.15, -0.1) is 0 Å². The van der Waals surface area contributed by atoms with Crippen molar-refractivity contribution in [2.24, 2.45) is 0 Å². The second-order valence-corrected chi connectivity index (χ2v) is 3.03. The molecule has 0 saturated carbocycles. The minimum atomic E-state index is -4.49. The van der Waals surface area contributed by atoms with Crippen molar-refractivity contribution < 1.29 is 22.4 Å². The van der Waals surface area contributed by atoms with E-state index in [1.165, 1.54) is 18.2 Å². The van der Waals surface area contributed by atoms with Crippen molar-refractivity contribution in [2.75, 3.05) is 0 Å². The van der Waals surface area contributed by atoms with E-state index in [4.69, 9.17) is 0 Å². The Kier molecular flexibility index (Phi) is 2.30. The van der Waals surface area contributed by atoms with Gasteiger partial charge in [-0.1, -0.05) is 12.1 Å². The summed E-state index contributed by atoms with van der Waals surface area (Å²) in [6, 6.07) is 4.86. The number of hydrogen-bond donors (Lipinski definition) is 1. The number of benzene rings is 1. The molecule has 1 aromatic carbocycles. The van der Waals surface area contributed by atoms with Gasteiger partial charge < -0.3 is 0 Å². The standard InChI is InChI=1S/C9H5F3N2O2/c10-9(11,12)6-3-1-2-4-7(6)14-5-8(15)16-13-14/h1-5H/p+1. The summed E-state index contributed by atoms with van der Waals surface area (Å²) in [6.07, 6.45) is -3.59. The number of hydrogen-bond acceptors (Lipinski definition) is 2. The van der Waals surface area contributed by atoms with Crippen molar-refractivity contribution in [3.8, 4) is 5.69 Å². The van der Waals surface area contributed by atoms with Gasteiger partial charge in [0.05, 0.1) is 0 Å². The van der Waals surface area contributed by atoms with Crippen molar-refractivity contribution in [2.45, 2.75) is 6.18 Å². The number of aromatic amines is 1. The fourth-order valence-corrected chi connectivity index (χ4v) is 1.29. The highest BCUT2D eigenvalue weighted by molar-refractivity contribution is 5.35. The lowest BCUT2D eigenvalue weighted by atomic mass is 10.2. The van der Waals surface area contributed by atoms with Crippen LogP contribution in [-0.4, -0.2) is 5.27 Å². The maximum atomic E-state index is 12.6. The van der Waals surface area contributed by atoms with Crippen LogP contribution >= 0.6 is 0 Å². The maximum Gasteiger partial charge on any atom is 0.427 e. The van der Waals surface area contributed by atoms with Gasteiger partial charge in [-0.25, -0.2) is 4.79 Å². The van der Waals surface area contributed by atoms with Crippen molar-refractivity contribution in [1.29, 1.82) is 0 Å². The van der Waals surface area contributed by atoms with Crippen molar-refractivity contribution >= 4 is 0 Å². The minimum Gasteiger partial charge on any atom is -0.283 e. The average molecular weight is 231 g/mol. The first-order valence-electron chi connectivity index (χ1n) is 4.25. The molecule has 0 aliphatic rings. The molecular weight excluding hydrogens is 225 g/mol. The Morgan fingerprint density at radius 2 is 1.94 bits per heavy atom. The first-order chi connectivity index (χ1) is 7.48. The zero-order chi connectivity index (χ0) is 11.8. The summed E-state index contributed by atoms with van der Waals surface area (Å²) >= 11 is 0. The van der Waals surface area contributed by atoms with Gasteiger partial charge in [0, 0.05) is 6.07 Å². The Morgan fingerprint density at radius 3 is 2.50 bits per heavy atom. The summed E-state index contributed by atoms with van der Waals surface area (Å²) in [4.78, 5) is 10.7. The number of alkyl halides is 3. The van der Waals surface area contributed by atoms with E-state index in [-0.39, 0.29) is 5.69 Å². The molecule has 0 aliphatic carbocycles. The molecule has 0 radical (unpaired) electrons. The lowest BCUT2D eigenvalue weighted by Gasteiger charge is -2.05. The highest BCUT2D eigenvalue weighted by atomic mass is 19.4. The quantitative estimate of drug-likeness (QED) is 0.751. The van der Waals surface area contributed by atoms with E-state index in [1.54, 1.807) is 0 Å². The fourth-order valence-electron chi connectivity index (χ4n) is 1.29. The van der Waals surface area contributed by atoms with Crippen LogP contribution in [0, 0.1) is 0 Å². The van der Waals surface area contributed by atoms with Crippen LogP contribution in [0.4, 0.5) is 13.2 Å². The third-order valence-electron chi connectivity index (χ3n) is 1.95. The number of aromatic nitrogens is 2. The van der Waals surface area contributed by atoms with Crippen LogP contribution in [0.1, 0.15) is 5.56 Å². The molecule has 84 valence electrons. The van der Waals surface area contributed by atoms with E-state index >= 15 is 0 Å². The van der Waals surface area contributed by atoms with Gasteiger partial charge in [0.25, 0.3) is 11.9 Å². The Bertz CT molecular complexity index is 556. The predicted molar refractivity (Wildman–Crippen MR) is 45.9 cm³/mol. The van der Waals surface area contributed by atoms with Gasteiger partial charge in [0.15, 0.2) is 0 Å². The zero-order valence-corrected chi connectivity index (χ0v) is 7.78. The van der Waals surface area contributed by atoms with Crippen molar-refractivity contribution in [3.63, 3.8) is 0 Å². The number of halogens is 3. The Labute approximate surface area is 86.9 Å². The summed E-state index contributed by atoms with van der Waals surface area (Å²) in [6.45, 7) is 0. The van der Waals surface area contributed by atoms with Gasteiger partial charge in [-0.05, 0) is 16.0 Å². The van der Waals surface area contributed by atoms with Crippen LogP contribution in [0.5, 0.6) is 0 Å². The van der Waals surface area contributed by atoms with Gasteiger partial charge in [0.2, 0.25) is 0 Å². The van der Waals surface area contributed by atoms with Crippen molar-refractivity contribution in [1.82, 2.24) is 5.27 Å². The van der Waals surface area contributed by atoms with E-state index in [0.29, 0.717) is 0 Å². The second-order valence-electron chi connectivity index (χ2n) is 3.03. The smallest absolute Gasteiger partial charge is 0.283 e. The number of para-hydroxylation sites is 1. The van der Waals surface area contributed by atoms with E-state index in [0.717, 1.165) is 16.9 Å². The molecule has 4 nitrogen and oxygen atoms in total. The molecule has 0 amide bonds. The molecule has 0 spiro atoms. The molecule has 0 unspecified atom stereocenters. The molecule has 7 heteroatoms. The highest BCUT2D eigenvalue weighted by Gasteiger charge is 2.37. The number of H-pyrrole nitrogens is 1. The molecule has 0 fully saturated rings. The molecule has 1 N–H and O–H groups in total. The van der Waals surface area contributed by atoms with E-state index in [2.05, 4.69) is 9.79 Å². The summed E-state index contributed by atoms with van der Waals surface area (Å²) in [7, 11) is 0. The van der Waals surface area contributed by atoms with Crippen molar-refractivity contribution in [3.05, 3.63) is 46.4 Å². The molecular formula is C9H6F3N2O2+. The van der Waals surface area contributed by atoms with Gasteiger partial charge in [-0.3, -0.25) is 4.52 Å². The normalized spacial score (nSPS) is 11.7. The van der Waals surface area contributed by atoms with E-state index < -0.39 is 17.4 Å². The largest absolute Gasteiger partial charge is 0.427 e. The lowest BCUT2D eigenvalue weighted by molar-refractivity contribution is -0.671. The summed E-state index contributed by atoms with van der Waals surface area (Å²) in [5.74, 6) is 0. The van der Waals surface area contributed by atoms with Crippen LogP contribution in [-0.2, 0) is 6.18 Å². The molecule has 2 rings (SSSR count). The third-order valence-corrected chi connectivity index (χ3v) is 1.95. The highest BCUT2D eigenvalue weighted by Crippen LogP contribution is 2.31. The first kappa shape index (κ1) is 10.5. The van der Waals surface area contributed by atoms with Crippen LogP contribution in [0.15, 0.2) is 39.8 Å². The molecule has 16 heavy (non-hydrogen) atoms.